The van der Waals surface area contributed by atoms with Crippen LogP contribution in [0.5, 0.6) is 0 Å². The molecule has 130 valence electrons. The van der Waals surface area contributed by atoms with Crippen LogP contribution >= 0.6 is 11.6 Å². The molecule has 0 aliphatic carbocycles. The van der Waals surface area contributed by atoms with E-state index >= 15 is 0 Å². The van der Waals surface area contributed by atoms with Gasteiger partial charge in [-0.3, -0.25) is 9.00 Å². The van der Waals surface area contributed by atoms with Crippen LogP contribution in [0.1, 0.15) is 18.4 Å². The third kappa shape index (κ3) is 3.70. The average molecular weight is 375 g/mol. The number of rotatable bonds is 6. The summed E-state index contributed by atoms with van der Waals surface area (Å²) in [6, 6.07) is 14.8. The third-order valence-electron chi connectivity index (χ3n) is 4.10. The molecule has 1 unspecified atom stereocenters. The van der Waals surface area contributed by atoms with Crippen LogP contribution in [0.25, 0.3) is 22.3 Å². The van der Waals surface area contributed by atoms with Crippen molar-refractivity contribution in [3.05, 3.63) is 64.3 Å². The molecule has 3 nitrogen and oxygen atoms in total. The van der Waals surface area contributed by atoms with Crippen molar-refractivity contribution >= 4 is 33.4 Å². The SMILES string of the molecule is Cc1c(-c2ccccc2)oc2c(S(=O)CCCCCl)cccc2c1=O. The molecule has 0 N–H and O–H groups in total. The zero-order chi connectivity index (χ0) is 17.8. The highest BCUT2D eigenvalue weighted by Crippen LogP contribution is 2.28. The first-order chi connectivity index (χ1) is 12.1. The zero-order valence-electron chi connectivity index (χ0n) is 14.0. The maximum atomic E-state index is 12.8. The Morgan fingerprint density at radius 3 is 2.52 bits per heavy atom. The van der Waals surface area contributed by atoms with Crippen LogP contribution in [0.4, 0.5) is 0 Å². The van der Waals surface area contributed by atoms with Gasteiger partial charge in [0.25, 0.3) is 0 Å². The van der Waals surface area contributed by atoms with E-state index in [2.05, 4.69) is 0 Å². The highest BCUT2D eigenvalue weighted by molar-refractivity contribution is 7.85. The van der Waals surface area contributed by atoms with Crippen LogP contribution in [0, 0.1) is 6.92 Å². The maximum Gasteiger partial charge on any atom is 0.196 e. The first-order valence-corrected chi connectivity index (χ1v) is 10.0. The Balaban J connectivity index is 2.16. The molecule has 0 fully saturated rings. The molecule has 0 bridgehead atoms. The topological polar surface area (TPSA) is 47.3 Å². The summed E-state index contributed by atoms with van der Waals surface area (Å²) in [4.78, 5) is 13.4. The van der Waals surface area contributed by atoms with Crippen LogP contribution in [0.3, 0.4) is 0 Å². The largest absolute Gasteiger partial charge is 0.454 e. The number of halogens is 1. The molecule has 5 heteroatoms. The van der Waals surface area contributed by atoms with E-state index in [1.54, 1.807) is 25.1 Å². The normalized spacial score (nSPS) is 12.4. The number of hydrogen-bond acceptors (Lipinski definition) is 3. The summed E-state index contributed by atoms with van der Waals surface area (Å²) in [7, 11) is -1.23. The third-order valence-corrected chi connectivity index (χ3v) is 5.84. The molecule has 0 saturated carbocycles. The summed E-state index contributed by atoms with van der Waals surface area (Å²) in [5.74, 6) is 1.59. The Morgan fingerprint density at radius 2 is 1.80 bits per heavy atom. The minimum absolute atomic E-state index is 0.0836. The first-order valence-electron chi connectivity index (χ1n) is 8.19. The van der Waals surface area contributed by atoms with E-state index in [-0.39, 0.29) is 5.43 Å². The van der Waals surface area contributed by atoms with E-state index in [9.17, 15) is 9.00 Å². The van der Waals surface area contributed by atoms with Gasteiger partial charge in [0.15, 0.2) is 11.0 Å². The van der Waals surface area contributed by atoms with Gasteiger partial charge in [-0.15, -0.1) is 11.6 Å². The van der Waals surface area contributed by atoms with Crippen molar-refractivity contribution in [3.8, 4) is 11.3 Å². The average Bonchev–Trinajstić information content (AvgIpc) is 2.65. The fourth-order valence-corrected chi connectivity index (χ4v) is 4.23. The molecular formula is C20H19ClO3S. The van der Waals surface area contributed by atoms with Crippen LogP contribution in [0.15, 0.2) is 62.6 Å². The molecule has 0 radical (unpaired) electrons. The lowest BCUT2D eigenvalue weighted by atomic mass is 10.1. The van der Waals surface area contributed by atoms with E-state index < -0.39 is 10.8 Å². The Bertz CT molecular complexity index is 964. The molecule has 0 saturated heterocycles. The van der Waals surface area contributed by atoms with Gasteiger partial charge in [-0.2, -0.15) is 0 Å². The molecule has 0 aliphatic rings. The Kier molecular flexibility index (Phi) is 5.71. The number of para-hydroxylation sites is 1. The predicted octanol–water partition coefficient (Wildman–Crippen LogP) is 4.90. The lowest BCUT2D eigenvalue weighted by Gasteiger charge is -2.10. The van der Waals surface area contributed by atoms with Gasteiger partial charge in [0.1, 0.15) is 5.76 Å². The highest BCUT2D eigenvalue weighted by atomic mass is 35.5. The summed E-state index contributed by atoms with van der Waals surface area (Å²) in [5.41, 5.74) is 1.73. The van der Waals surface area contributed by atoms with E-state index in [0.29, 0.717) is 38.8 Å². The lowest BCUT2D eigenvalue weighted by Crippen LogP contribution is -2.09. The van der Waals surface area contributed by atoms with Gasteiger partial charge < -0.3 is 4.42 Å². The van der Waals surface area contributed by atoms with Crippen molar-refractivity contribution in [2.75, 3.05) is 11.6 Å². The van der Waals surface area contributed by atoms with Crippen molar-refractivity contribution in [1.82, 2.24) is 0 Å². The molecule has 0 amide bonds. The minimum Gasteiger partial charge on any atom is -0.454 e. The molecule has 3 rings (SSSR count). The van der Waals surface area contributed by atoms with E-state index in [4.69, 9.17) is 16.0 Å². The number of alkyl halides is 1. The summed E-state index contributed by atoms with van der Waals surface area (Å²) >= 11 is 5.69. The van der Waals surface area contributed by atoms with Gasteiger partial charge in [-0.1, -0.05) is 36.4 Å². The van der Waals surface area contributed by atoms with Crippen molar-refractivity contribution in [2.24, 2.45) is 0 Å². The Morgan fingerprint density at radius 1 is 1.04 bits per heavy atom. The standard InChI is InChI=1S/C20H19ClO3S/c1-14-18(22)16-10-7-11-17(25(23)13-6-5-12-21)20(16)24-19(14)15-8-3-2-4-9-15/h2-4,7-11H,5-6,12-13H2,1H3. The highest BCUT2D eigenvalue weighted by Gasteiger charge is 2.17. The van der Waals surface area contributed by atoms with Gasteiger partial charge in [-0.25, -0.2) is 0 Å². The predicted molar refractivity (Wildman–Crippen MR) is 104 cm³/mol. The van der Waals surface area contributed by atoms with E-state index in [1.807, 2.05) is 30.3 Å². The fraction of sp³-hybridized carbons (Fsp3) is 0.250. The molecule has 1 heterocycles. The van der Waals surface area contributed by atoms with Gasteiger partial charge in [0.2, 0.25) is 0 Å². The quantitative estimate of drug-likeness (QED) is 0.455. The molecule has 1 aromatic heterocycles. The van der Waals surface area contributed by atoms with Crippen molar-refractivity contribution in [3.63, 3.8) is 0 Å². The second-order valence-electron chi connectivity index (χ2n) is 5.83. The monoisotopic (exact) mass is 374 g/mol. The Labute approximate surface area is 154 Å². The van der Waals surface area contributed by atoms with Crippen molar-refractivity contribution in [1.29, 1.82) is 0 Å². The van der Waals surface area contributed by atoms with Crippen molar-refractivity contribution < 1.29 is 8.63 Å². The maximum absolute atomic E-state index is 12.8. The fourth-order valence-electron chi connectivity index (χ4n) is 2.77. The smallest absolute Gasteiger partial charge is 0.196 e. The number of fused-ring (bicyclic) bond motifs is 1. The summed E-state index contributed by atoms with van der Waals surface area (Å²) in [6.07, 6.45) is 1.59. The second-order valence-corrected chi connectivity index (χ2v) is 7.75. The number of unbranched alkanes of at least 4 members (excludes halogenated alkanes) is 1. The van der Waals surface area contributed by atoms with Crippen LogP contribution in [-0.4, -0.2) is 15.8 Å². The minimum atomic E-state index is -1.23. The molecule has 2 aromatic carbocycles. The summed E-state index contributed by atoms with van der Waals surface area (Å²) in [5, 5.41) is 0.473. The van der Waals surface area contributed by atoms with Gasteiger partial charge in [-0.05, 0) is 31.9 Å². The number of hydrogen-bond donors (Lipinski definition) is 0. The molecule has 1 atom stereocenters. The summed E-state index contributed by atoms with van der Waals surface area (Å²) < 4.78 is 18.8. The van der Waals surface area contributed by atoms with Gasteiger partial charge >= 0.3 is 0 Å². The van der Waals surface area contributed by atoms with Gasteiger partial charge in [0, 0.05) is 22.8 Å². The van der Waals surface area contributed by atoms with Crippen LogP contribution < -0.4 is 5.43 Å². The molecule has 25 heavy (non-hydrogen) atoms. The zero-order valence-corrected chi connectivity index (χ0v) is 15.5. The Hall–Kier alpha value is -1.91. The molecule has 0 spiro atoms. The van der Waals surface area contributed by atoms with E-state index in [0.717, 1.165) is 18.4 Å². The molecule has 3 aromatic rings. The van der Waals surface area contributed by atoms with Gasteiger partial charge in [0.05, 0.1) is 21.1 Å². The van der Waals surface area contributed by atoms with Crippen LogP contribution in [-0.2, 0) is 10.8 Å². The number of benzene rings is 2. The van der Waals surface area contributed by atoms with Crippen molar-refractivity contribution in [2.45, 2.75) is 24.7 Å². The lowest BCUT2D eigenvalue weighted by molar-refractivity contribution is 0.604. The van der Waals surface area contributed by atoms with E-state index in [1.165, 1.54) is 0 Å². The summed E-state index contributed by atoms with van der Waals surface area (Å²) in [6.45, 7) is 1.76. The first kappa shape index (κ1) is 17.9. The molecular weight excluding hydrogens is 356 g/mol. The second kappa shape index (κ2) is 7.98. The molecule has 0 aliphatic heterocycles. The van der Waals surface area contributed by atoms with Crippen LogP contribution in [0.2, 0.25) is 0 Å².